The number of rotatable bonds is 6. The van der Waals surface area contributed by atoms with Gasteiger partial charge in [0.15, 0.2) is 0 Å². The summed E-state index contributed by atoms with van der Waals surface area (Å²) < 4.78 is 1.89. The van der Waals surface area contributed by atoms with E-state index in [4.69, 9.17) is 0 Å². The average molecular weight is 393 g/mol. The molecule has 1 unspecified atom stereocenters. The number of aliphatic hydroxyl groups is 1. The fourth-order valence-corrected chi connectivity index (χ4v) is 4.44. The highest BCUT2D eigenvalue weighted by Gasteiger charge is 2.28. The molecule has 0 bridgehead atoms. The van der Waals surface area contributed by atoms with Crippen LogP contribution in [0.15, 0.2) is 48.9 Å². The summed E-state index contributed by atoms with van der Waals surface area (Å²) in [5.41, 5.74) is 2.30. The van der Waals surface area contributed by atoms with Crippen LogP contribution in [0.25, 0.3) is 10.8 Å². The second-order valence-corrected chi connectivity index (χ2v) is 7.93. The molecule has 6 heteroatoms. The van der Waals surface area contributed by atoms with Gasteiger partial charge in [0, 0.05) is 54.6 Å². The first-order chi connectivity index (χ1) is 14.2. The van der Waals surface area contributed by atoms with Crippen LogP contribution in [0.3, 0.4) is 0 Å². The van der Waals surface area contributed by atoms with E-state index in [1.807, 2.05) is 47.1 Å². The highest BCUT2D eigenvalue weighted by Crippen LogP contribution is 2.29. The molecule has 2 aromatic heterocycles. The Morgan fingerprint density at radius 2 is 2.00 bits per heavy atom. The number of aliphatic hydroxyl groups excluding tert-OH is 1. The summed E-state index contributed by atoms with van der Waals surface area (Å²) in [6.45, 7) is 4.18. The predicted octanol–water partition coefficient (Wildman–Crippen LogP) is 3.01. The van der Waals surface area contributed by atoms with Gasteiger partial charge in [-0.05, 0) is 36.3 Å². The van der Waals surface area contributed by atoms with Gasteiger partial charge < -0.3 is 10.0 Å². The van der Waals surface area contributed by atoms with E-state index in [1.54, 1.807) is 6.20 Å². The molecule has 0 spiro atoms. The van der Waals surface area contributed by atoms with Gasteiger partial charge in [0.05, 0.1) is 13.2 Å². The Labute approximate surface area is 171 Å². The van der Waals surface area contributed by atoms with Crippen molar-refractivity contribution >= 4 is 16.7 Å². The van der Waals surface area contributed by atoms with Gasteiger partial charge in [0.1, 0.15) is 0 Å². The first-order valence-electron chi connectivity index (χ1n) is 10.4. The van der Waals surface area contributed by atoms with E-state index >= 15 is 0 Å². The van der Waals surface area contributed by atoms with Crippen molar-refractivity contribution in [2.75, 3.05) is 19.7 Å². The molecular weight excluding hydrogens is 364 g/mol. The summed E-state index contributed by atoms with van der Waals surface area (Å²) >= 11 is 0. The zero-order valence-corrected chi connectivity index (χ0v) is 16.9. The maximum Gasteiger partial charge on any atom is 0.225 e. The minimum atomic E-state index is -0.0703. The molecule has 1 fully saturated rings. The molecule has 1 aliphatic rings. The monoisotopic (exact) mass is 392 g/mol. The Morgan fingerprint density at radius 1 is 1.21 bits per heavy atom. The van der Waals surface area contributed by atoms with Crippen LogP contribution in [-0.4, -0.2) is 50.4 Å². The van der Waals surface area contributed by atoms with Crippen molar-refractivity contribution in [1.82, 2.24) is 19.7 Å². The molecule has 1 atom stereocenters. The number of likely N-dealkylation sites (tertiary alicyclic amines) is 1. The van der Waals surface area contributed by atoms with Gasteiger partial charge in [-0.2, -0.15) is 5.10 Å². The van der Waals surface area contributed by atoms with E-state index in [1.165, 1.54) is 11.1 Å². The van der Waals surface area contributed by atoms with Crippen molar-refractivity contribution < 1.29 is 9.90 Å². The summed E-state index contributed by atoms with van der Waals surface area (Å²) in [6, 6.07) is 10.2. The zero-order valence-electron chi connectivity index (χ0n) is 16.9. The molecular formula is C23H28N4O2. The molecule has 0 aliphatic carbocycles. The first kappa shape index (κ1) is 19.6. The van der Waals surface area contributed by atoms with Crippen molar-refractivity contribution in [2.45, 2.75) is 38.6 Å². The lowest BCUT2D eigenvalue weighted by Crippen LogP contribution is -2.41. The Morgan fingerprint density at radius 3 is 2.79 bits per heavy atom. The number of benzene rings is 1. The Bertz CT molecular complexity index is 970. The van der Waals surface area contributed by atoms with Gasteiger partial charge in [0.25, 0.3) is 0 Å². The van der Waals surface area contributed by atoms with Gasteiger partial charge in [-0.3, -0.25) is 14.5 Å². The Kier molecular flexibility index (Phi) is 5.90. The number of carbonyl (C=O) groups is 1. The number of piperidine rings is 1. The third kappa shape index (κ3) is 4.17. The summed E-state index contributed by atoms with van der Waals surface area (Å²) in [7, 11) is 0. The van der Waals surface area contributed by atoms with Crippen LogP contribution in [0.5, 0.6) is 0 Å². The van der Waals surface area contributed by atoms with Crippen LogP contribution in [0, 0.1) is 5.92 Å². The van der Waals surface area contributed by atoms with Crippen LogP contribution in [0.2, 0.25) is 0 Å². The third-order valence-electron chi connectivity index (χ3n) is 5.98. The number of amides is 1. The summed E-state index contributed by atoms with van der Waals surface area (Å²) in [4.78, 5) is 19.4. The minimum Gasteiger partial charge on any atom is -0.394 e. The molecule has 1 amide bonds. The fourth-order valence-electron chi connectivity index (χ4n) is 4.44. The van der Waals surface area contributed by atoms with Crippen LogP contribution in [-0.2, 0) is 17.8 Å². The lowest BCUT2D eigenvalue weighted by atomic mass is 9.91. The van der Waals surface area contributed by atoms with Crippen molar-refractivity contribution in [2.24, 2.45) is 5.92 Å². The van der Waals surface area contributed by atoms with E-state index < -0.39 is 0 Å². The molecule has 1 aromatic carbocycles. The van der Waals surface area contributed by atoms with E-state index in [0.717, 1.165) is 36.9 Å². The van der Waals surface area contributed by atoms with Gasteiger partial charge in [-0.15, -0.1) is 0 Å². The summed E-state index contributed by atoms with van der Waals surface area (Å²) in [5, 5.41) is 15.8. The molecule has 1 saturated heterocycles. The van der Waals surface area contributed by atoms with Gasteiger partial charge in [-0.25, -0.2) is 0 Å². The van der Waals surface area contributed by atoms with Crippen LogP contribution >= 0.6 is 0 Å². The highest BCUT2D eigenvalue weighted by molar-refractivity contribution is 5.86. The number of fused-ring (bicyclic) bond motifs is 1. The van der Waals surface area contributed by atoms with Gasteiger partial charge >= 0.3 is 0 Å². The molecule has 29 heavy (non-hydrogen) atoms. The maximum atomic E-state index is 13.1. The Balaban J connectivity index is 1.38. The van der Waals surface area contributed by atoms with E-state index in [0.29, 0.717) is 18.9 Å². The third-order valence-corrected chi connectivity index (χ3v) is 5.98. The Hall–Kier alpha value is -2.73. The second-order valence-electron chi connectivity index (χ2n) is 7.93. The topological polar surface area (TPSA) is 71.2 Å². The zero-order chi connectivity index (χ0) is 20.2. The number of aromatic nitrogens is 3. The standard InChI is InChI=1S/C23H28N4O2/c1-17(14-20-16-24-15-19-4-2-3-5-21(19)20)23(29)26-10-7-18(8-11-26)22-6-9-25-27(22)12-13-28/h2-6,9,15-18,28H,7-8,10-14H2,1H3. The fraction of sp³-hybridized carbons (Fsp3) is 0.435. The molecule has 0 radical (unpaired) electrons. The first-order valence-corrected chi connectivity index (χ1v) is 10.4. The lowest BCUT2D eigenvalue weighted by molar-refractivity contribution is -0.136. The molecule has 3 aromatic rings. The number of carbonyl (C=O) groups excluding carboxylic acids is 1. The van der Waals surface area contributed by atoms with E-state index in [2.05, 4.69) is 22.2 Å². The van der Waals surface area contributed by atoms with Crippen molar-refractivity contribution in [3.8, 4) is 0 Å². The van der Waals surface area contributed by atoms with Gasteiger partial charge in [-0.1, -0.05) is 31.2 Å². The van der Waals surface area contributed by atoms with Crippen molar-refractivity contribution in [3.05, 3.63) is 60.2 Å². The highest BCUT2D eigenvalue weighted by atomic mass is 16.3. The minimum absolute atomic E-state index is 0.0703. The van der Waals surface area contributed by atoms with Gasteiger partial charge in [0.2, 0.25) is 5.91 Å². The number of pyridine rings is 1. The number of hydrogen-bond donors (Lipinski definition) is 1. The summed E-state index contributed by atoms with van der Waals surface area (Å²) in [5.74, 6) is 0.546. The van der Waals surface area contributed by atoms with Crippen molar-refractivity contribution in [3.63, 3.8) is 0 Å². The normalized spacial score (nSPS) is 16.3. The predicted molar refractivity (Wildman–Crippen MR) is 112 cm³/mol. The van der Waals surface area contributed by atoms with E-state index in [-0.39, 0.29) is 18.4 Å². The molecule has 1 N–H and O–H groups in total. The van der Waals surface area contributed by atoms with Crippen LogP contribution in [0.4, 0.5) is 0 Å². The quantitative estimate of drug-likeness (QED) is 0.700. The lowest BCUT2D eigenvalue weighted by Gasteiger charge is -2.34. The molecule has 152 valence electrons. The number of hydrogen-bond acceptors (Lipinski definition) is 4. The summed E-state index contributed by atoms with van der Waals surface area (Å²) in [6.07, 6.45) is 8.13. The largest absolute Gasteiger partial charge is 0.394 e. The van der Waals surface area contributed by atoms with Crippen molar-refractivity contribution in [1.29, 1.82) is 0 Å². The number of nitrogens with zero attached hydrogens (tertiary/aromatic N) is 4. The van der Waals surface area contributed by atoms with E-state index in [9.17, 15) is 9.90 Å². The van der Waals surface area contributed by atoms with Crippen LogP contribution in [0.1, 0.15) is 36.9 Å². The van der Waals surface area contributed by atoms with Crippen LogP contribution < -0.4 is 0 Å². The smallest absolute Gasteiger partial charge is 0.225 e. The average Bonchev–Trinajstić information content (AvgIpc) is 3.22. The maximum absolute atomic E-state index is 13.1. The molecule has 4 rings (SSSR count). The molecule has 3 heterocycles. The SMILES string of the molecule is CC(Cc1cncc2ccccc12)C(=O)N1CCC(c2ccnn2CCO)CC1. The molecule has 6 nitrogen and oxygen atoms in total. The molecule has 1 aliphatic heterocycles. The second kappa shape index (κ2) is 8.74. The molecule has 0 saturated carbocycles.